The van der Waals surface area contributed by atoms with Crippen LogP contribution in [0.4, 0.5) is 15.8 Å². The monoisotopic (exact) mass is 270 g/mol. The molecule has 0 aliphatic rings. The number of rotatable bonds is 3. The number of nitrogen functional groups attached to an aromatic ring is 1. The van der Waals surface area contributed by atoms with Crippen molar-refractivity contribution in [3.63, 3.8) is 0 Å². The third-order valence-electron chi connectivity index (χ3n) is 3.36. The molecule has 0 saturated heterocycles. The lowest BCUT2D eigenvalue weighted by Gasteiger charge is -2.15. The second-order valence-electron chi connectivity index (χ2n) is 5.11. The van der Waals surface area contributed by atoms with Crippen molar-refractivity contribution < 1.29 is 4.39 Å². The molecule has 0 unspecified atom stereocenters. The van der Waals surface area contributed by atoms with Crippen molar-refractivity contribution in [3.8, 4) is 0 Å². The van der Waals surface area contributed by atoms with E-state index in [0.717, 1.165) is 22.3 Å². The minimum absolute atomic E-state index is 0.330. The fourth-order valence-corrected chi connectivity index (χ4v) is 2.08. The molecule has 0 saturated carbocycles. The van der Waals surface area contributed by atoms with Gasteiger partial charge in [0.25, 0.3) is 0 Å². The zero-order valence-electron chi connectivity index (χ0n) is 12.0. The summed E-state index contributed by atoms with van der Waals surface area (Å²) >= 11 is 0. The van der Waals surface area contributed by atoms with E-state index in [2.05, 4.69) is 11.9 Å². The second kappa shape index (κ2) is 5.37. The lowest BCUT2D eigenvalue weighted by Crippen LogP contribution is -2.03. The number of aryl methyl sites for hydroxylation is 3. The molecule has 2 rings (SSSR count). The van der Waals surface area contributed by atoms with Crippen LogP contribution in [0.5, 0.6) is 0 Å². The highest BCUT2D eigenvalue weighted by atomic mass is 19.1. The quantitative estimate of drug-likeness (QED) is 0.810. The summed E-state index contributed by atoms with van der Waals surface area (Å²) in [4.78, 5) is 0. The molecule has 3 N–H and O–H groups in total. The van der Waals surface area contributed by atoms with Gasteiger partial charge in [-0.15, -0.1) is 0 Å². The van der Waals surface area contributed by atoms with Gasteiger partial charge in [0.15, 0.2) is 0 Å². The smallest absolute Gasteiger partial charge is 0.147 e. The van der Waals surface area contributed by atoms with Gasteiger partial charge < -0.3 is 11.1 Å². The summed E-state index contributed by atoms with van der Waals surface area (Å²) in [6.45, 7) is 9.79. The molecule has 3 heteroatoms. The van der Waals surface area contributed by atoms with Gasteiger partial charge in [-0.1, -0.05) is 24.3 Å². The van der Waals surface area contributed by atoms with E-state index in [-0.39, 0.29) is 5.82 Å². The number of hydrogen-bond donors (Lipinski definition) is 2. The summed E-state index contributed by atoms with van der Waals surface area (Å²) in [6.07, 6.45) is 0. The molecule has 104 valence electrons. The van der Waals surface area contributed by atoms with Crippen LogP contribution in [0.3, 0.4) is 0 Å². The van der Waals surface area contributed by atoms with E-state index in [1.165, 1.54) is 6.07 Å². The van der Waals surface area contributed by atoms with Crippen LogP contribution in [-0.2, 0) is 0 Å². The first-order chi connectivity index (χ1) is 9.38. The number of halogens is 1. The number of benzene rings is 2. The van der Waals surface area contributed by atoms with Crippen LogP contribution in [0.1, 0.15) is 22.3 Å². The molecule has 0 heterocycles. The Kier molecular flexibility index (Phi) is 3.79. The molecule has 0 fully saturated rings. The maximum Gasteiger partial charge on any atom is 0.147 e. The third-order valence-corrected chi connectivity index (χ3v) is 3.36. The van der Waals surface area contributed by atoms with E-state index in [4.69, 9.17) is 5.73 Å². The van der Waals surface area contributed by atoms with Gasteiger partial charge in [0, 0.05) is 16.9 Å². The maximum absolute atomic E-state index is 13.9. The van der Waals surface area contributed by atoms with E-state index in [9.17, 15) is 4.39 Å². The highest BCUT2D eigenvalue weighted by molar-refractivity contribution is 5.78. The average Bonchev–Trinajstić information content (AvgIpc) is 2.38. The molecule has 0 amide bonds. The summed E-state index contributed by atoms with van der Waals surface area (Å²) in [6, 6.07) is 9.11. The van der Waals surface area contributed by atoms with Crippen LogP contribution in [0.2, 0.25) is 0 Å². The summed E-state index contributed by atoms with van der Waals surface area (Å²) in [5.74, 6) is -0.330. The fraction of sp³-hybridized carbons (Fsp3) is 0.176. The van der Waals surface area contributed by atoms with Crippen LogP contribution in [0, 0.1) is 26.6 Å². The Morgan fingerprint density at radius 1 is 1.10 bits per heavy atom. The predicted octanol–water partition coefficient (Wildman–Crippen LogP) is 4.42. The minimum Gasteiger partial charge on any atom is -0.398 e. The number of hydrogen-bond acceptors (Lipinski definition) is 2. The molecular weight excluding hydrogens is 251 g/mol. The first-order valence-electron chi connectivity index (χ1n) is 6.47. The van der Waals surface area contributed by atoms with E-state index in [0.29, 0.717) is 17.1 Å². The maximum atomic E-state index is 13.9. The highest BCUT2D eigenvalue weighted by Gasteiger charge is 2.09. The van der Waals surface area contributed by atoms with E-state index in [1.807, 2.05) is 32.0 Å². The molecule has 0 aliphatic carbocycles. The van der Waals surface area contributed by atoms with Gasteiger partial charge in [0.2, 0.25) is 0 Å². The van der Waals surface area contributed by atoms with Crippen molar-refractivity contribution in [2.24, 2.45) is 0 Å². The van der Waals surface area contributed by atoms with Crippen LogP contribution < -0.4 is 11.1 Å². The Labute approximate surface area is 119 Å². The van der Waals surface area contributed by atoms with Crippen molar-refractivity contribution in [3.05, 3.63) is 65.0 Å². The van der Waals surface area contributed by atoms with Gasteiger partial charge in [-0.3, -0.25) is 0 Å². The zero-order chi connectivity index (χ0) is 14.9. The summed E-state index contributed by atoms with van der Waals surface area (Å²) in [7, 11) is 0. The number of nitrogens with two attached hydrogens (primary N) is 1. The van der Waals surface area contributed by atoms with Gasteiger partial charge in [-0.2, -0.15) is 0 Å². The van der Waals surface area contributed by atoms with Crippen LogP contribution in [-0.4, -0.2) is 0 Å². The van der Waals surface area contributed by atoms with Crippen LogP contribution in [0.25, 0.3) is 5.70 Å². The summed E-state index contributed by atoms with van der Waals surface area (Å²) in [5, 5.41) is 3.01. The van der Waals surface area contributed by atoms with Gasteiger partial charge in [-0.05, 0) is 50.1 Å². The standard InChI is InChI=1S/C17H19FN2/c1-10-5-6-11(2)14(7-10)13(4)20-17-9-16(19)12(3)8-15(17)18/h5-9,20H,4,19H2,1-3H3. The van der Waals surface area contributed by atoms with Gasteiger partial charge >= 0.3 is 0 Å². The molecular formula is C17H19FN2. The topological polar surface area (TPSA) is 38.0 Å². The molecule has 0 spiro atoms. The largest absolute Gasteiger partial charge is 0.398 e. The number of nitrogens with one attached hydrogen (secondary N) is 1. The fourth-order valence-electron chi connectivity index (χ4n) is 2.08. The van der Waals surface area contributed by atoms with E-state index < -0.39 is 0 Å². The molecule has 0 bridgehead atoms. The third kappa shape index (κ3) is 2.82. The van der Waals surface area contributed by atoms with Crippen LogP contribution in [0.15, 0.2) is 36.9 Å². The van der Waals surface area contributed by atoms with Crippen molar-refractivity contribution in [1.82, 2.24) is 0 Å². The summed E-state index contributed by atoms with van der Waals surface area (Å²) in [5.41, 5.74) is 11.3. The normalized spacial score (nSPS) is 10.4. The molecule has 2 aromatic carbocycles. The number of anilines is 2. The molecule has 0 aliphatic heterocycles. The van der Waals surface area contributed by atoms with Gasteiger partial charge in [0.1, 0.15) is 5.82 Å². The molecule has 0 aromatic heterocycles. The van der Waals surface area contributed by atoms with Gasteiger partial charge in [-0.25, -0.2) is 4.39 Å². The minimum atomic E-state index is -0.330. The second-order valence-corrected chi connectivity index (χ2v) is 5.11. The lowest BCUT2D eigenvalue weighted by molar-refractivity contribution is 0.631. The van der Waals surface area contributed by atoms with Crippen molar-refractivity contribution in [2.45, 2.75) is 20.8 Å². The molecule has 2 nitrogen and oxygen atoms in total. The van der Waals surface area contributed by atoms with Crippen molar-refractivity contribution in [1.29, 1.82) is 0 Å². The molecule has 2 aromatic rings. The summed E-state index contributed by atoms with van der Waals surface area (Å²) < 4.78 is 13.9. The highest BCUT2D eigenvalue weighted by Crippen LogP contribution is 2.26. The predicted molar refractivity (Wildman–Crippen MR) is 84.1 cm³/mol. The Balaban J connectivity index is 2.32. The molecule has 20 heavy (non-hydrogen) atoms. The average molecular weight is 270 g/mol. The van der Waals surface area contributed by atoms with Crippen molar-refractivity contribution in [2.75, 3.05) is 11.1 Å². The Hall–Kier alpha value is -2.29. The lowest BCUT2D eigenvalue weighted by atomic mass is 10.0. The van der Waals surface area contributed by atoms with E-state index >= 15 is 0 Å². The Morgan fingerprint density at radius 3 is 2.50 bits per heavy atom. The molecule has 0 atom stereocenters. The first-order valence-corrected chi connectivity index (χ1v) is 6.47. The SMILES string of the molecule is C=C(Nc1cc(N)c(C)cc1F)c1cc(C)ccc1C. The first kappa shape index (κ1) is 14.1. The molecule has 0 radical (unpaired) electrons. The van der Waals surface area contributed by atoms with Gasteiger partial charge in [0.05, 0.1) is 5.69 Å². The van der Waals surface area contributed by atoms with Crippen molar-refractivity contribution >= 4 is 17.1 Å². The Bertz CT molecular complexity index is 675. The zero-order valence-corrected chi connectivity index (χ0v) is 12.0. The Morgan fingerprint density at radius 2 is 1.80 bits per heavy atom. The van der Waals surface area contributed by atoms with E-state index in [1.54, 1.807) is 13.0 Å². The van der Waals surface area contributed by atoms with Crippen LogP contribution >= 0.6 is 0 Å².